The lowest BCUT2D eigenvalue weighted by atomic mass is 10.2. The molecular formula is C24H28N6O4S. The van der Waals surface area contributed by atoms with E-state index >= 15 is 0 Å². The van der Waals surface area contributed by atoms with Crippen LogP contribution in [0.5, 0.6) is 5.75 Å². The van der Waals surface area contributed by atoms with Gasteiger partial charge >= 0.3 is 0 Å². The standard InChI is InChI=1S/C24H28N6O4S/c1-17-23(26-28-30(17)19-10-8-11-20(16-19)34-3)24(31)25-18-9-7-12-21(15-18)35(32,33)27-22-13-5-4-6-14-29(22)2/h7-12,15-16H,4-6,13-14H2,1-3H3,(H,25,31)/b27-22-. The summed E-state index contributed by atoms with van der Waals surface area (Å²) in [5, 5.41) is 10.8. The van der Waals surface area contributed by atoms with Gasteiger partial charge in [0.15, 0.2) is 5.69 Å². The fraction of sp³-hybridized carbons (Fsp3) is 0.333. The van der Waals surface area contributed by atoms with Crippen molar-refractivity contribution in [3.05, 3.63) is 59.9 Å². The maximum atomic E-state index is 13.0. The summed E-state index contributed by atoms with van der Waals surface area (Å²) in [6.07, 6.45) is 3.59. The molecule has 4 rings (SSSR count). The Balaban J connectivity index is 1.55. The van der Waals surface area contributed by atoms with Gasteiger partial charge in [-0.15, -0.1) is 9.50 Å². The lowest BCUT2D eigenvalue weighted by Crippen LogP contribution is -2.26. The average molecular weight is 497 g/mol. The fourth-order valence-electron chi connectivity index (χ4n) is 3.89. The summed E-state index contributed by atoms with van der Waals surface area (Å²) in [4.78, 5) is 14.8. The molecule has 2 heterocycles. The van der Waals surface area contributed by atoms with Gasteiger partial charge in [-0.2, -0.15) is 8.42 Å². The molecule has 2 aromatic carbocycles. The molecule has 0 bridgehead atoms. The first-order chi connectivity index (χ1) is 16.8. The van der Waals surface area contributed by atoms with Crippen LogP contribution in [-0.4, -0.2) is 60.8 Å². The zero-order valence-corrected chi connectivity index (χ0v) is 20.7. The molecule has 1 fully saturated rings. The Morgan fingerprint density at radius 1 is 1.11 bits per heavy atom. The number of aromatic nitrogens is 3. The maximum Gasteiger partial charge on any atom is 0.284 e. The van der Waals surface area contributed by atoms with E-state index in [4.69, 9.17) is 4.74 Å². The summed E-state index contributed by atoms with van der Waals surface area (Å²) in [6, 6.07) is 13.3. The molecule has 11 heteroatoms. The number of rotatable bonds is 6. The Morgan fingerprint density at radius 2 is 1.91 bits per heavy atom. The highest BCUT2D eigenvalue weighted by molar-refractivity contribution is 7.90. The highest BCUT2D eigenvalue weighted by Crippen LogP contribution is 2.22. The summed E-state index contributed by atoms with van der Waals surface area (Å²) < 4.78 is 36.8. The summed E-state index contributed by atoms with van der Waals surface area (Å²) in [6.45, 7) is 2.51. The molecule has 0 spiro atoms. The number of methoxy groups -OCH3 is 1. The van der Waals surface area contributed by atoms with Crippen LogP contribution in [0, 0.1) is 6.92 Å². The minimum atomic E-state index is -3.93. The van der Waals surface area contributed by atoms with Crippen molar-refractivity contribution >= 4 is 27.5 Å². The molecule has 35 heavy (non-hydrogen) atoms. The molecule has 0 radical (unpaired) electrons. The third-order valence-electron chi connectivity index (χ3n) is 5.86. The van der Waals surface area contributed by atoms with Gasteiger partial charge in [0, 0.05) is 31.8 Å². The highest BCUT2D eigenvalue weighted by Gasteiger charge is 2.21. The minimum Gasteiger partial charge on any atom is -0.497 e. The number of hydrogen-bond donors (Lipinski definition) is 1. The topological polar surface area (TPSA) is 119 Å². The number of sulfonamides is 1. The number of amidine groups is 1. The Labute approximate surface area is 204 Å². The molecule has 1 aliphatic rings. The monoisotopic (exact) mass is 496 g/mol. The number of nitrogens with zero attached hydrogens (tertiary/aromatic N) is 5. The van der Waals surface area contributed by atoms with Gasteiger partial charge in [-0.05, 0) is 50.1 Å². The van der Waals surface area contributed by atoms with Crippen LogP contribution in [0.1, 0.15) is 41.9 Å². The molecule has 1 saturated heterocycles. The zero-order valence-electron chi connectivity index (χ0n) is 19.9. The van der Waals surface area contributed by atoms with Crippen LogP contribution in [0.2, 0.25) is 0 Å². The van der Waals surface area contributed by atoms with Crippen molar-refractivity contribution in [3.8, 4) is 11.4 Å². The second kappa shape index (κ2) is 10.3. The van der Waals surface area contributed by atoms with Crippen LogP contribution in [0.15, 0.2) is 57.8 Å². The van der Waals surface area contributed by atoms with E-state index in [2.05, 4.69) is 20.0 Å². The zero-order chi connectivity index (χ0) is 25.0. The summed E-state index contributed by atoms with van der Waals surface area (Å²) in [7, 11) is -0.498. The summed E-state index contributed by atoms with van der Waals surface area (Å²) >= 11 is 0. The van der Waals surface area contributed by atoms with E-state index in [0.29, 0.717) is 35.1 Å². The maximum absolute atomic E-state index is 13.0. The van der Waals surface area contributed by atoms with Gasteiger partial charge in [-0.3, -0.25) is 4.79 Å². The van der Waals surface area contributed by atoms with E-state index in [0.717, 1.165) is 25.8 Å². The number of amides is 1. The molecule has 1 aliphatic heterocycles. The largest absolute Gasteiger partial charge is 0.497 e. The van der Waals surface area contributed by atoms with Gasteiger partial charge in [0.2, 0.25) is 0 Å². The van der Waals surface area contributed by atoms with Crippen molar-refractivity contribution in [2.75, 3.05) is 26.0 Å². The van der Waals surface area contributed by atoms with Crippen molar-refractivity contribution in [3.63, 3.8) is 0 Å². The van der Waals surface area contributed by atoms with Gasteiger partial charge in [0.1, 0.15) is 11.6 Å². The summed E-state index contributed by atoms with van der Waals surface area (Å²) in [5.74, 6) is 0.711. The van der Waals surface area contributed by atoms with Crippen molar-refractivity contribution in [2.24, 2.45) is 4.40 Å². The normalized spacial score (nSPS) is 15.6. The number of nitrogens with one attached hydrogen (secondary N) is 1. The second-order valence-electron chi connectivity index (χ2n) is 8.33. The van der Waals surface area contributed by atoms with Crippen molar-refractivity contribution in [1.29, 1.82) is 0 Å². The first kappa shape index (κ1) is 24.4. The van der Waals surface area contributed by atoms with Gasteiger partial charge in [-0.1, -0.05) is 23.8 Å². The van der Waals surface area contributed by atoms with E-state index < -0.39 is 15.9 Å². The van der Waals surface area contributed by atoms with Crippen LogP contribution in [-0.2, 0) is 10.0 Å². The number of ether oxygens (including phenoxy) is 1. The predicted molar refractivity (Wildman–Crippen MR) is 133 cm³/mol. The quantitative estimate of drug-likeness (QED) is 0.555. The van der Waals surface area contributed by atoms with Crippen LogP contribution < -0.4 is 10.1 Å². The number of carbonyl (C=O) groups is 1. The van der Waals surface area contributed by atoms with Crippen LogP contribution in [0.25, 0.3) is 5.69 Å². The first-order valence-corrected chi connectivity index (χ1v) is 12.8. The molecule has 10 nitrogen and oxygen atoms in total. The van der Waals surface area contributed by atoms with Crippen LogP contribution in [0.3, 0.4) is 0 Å². The molecule has 3 aromatic rings. The van der Waals surface area contributed by atoms with E-state index in [9.17, 15) is 13.2 Å². The minimum absolute atomic E-state index is 0.0113. The number of hydrogen-bond acceptors (Lipinski definition) is 6. The molecule has 0 atom stereocenters. The van der Waals surface area contributed by atoms with E-state index in [1.165, 1.54) is 16.8 Å². The van der Waals surface area contributed by atoms with Crippen molar-refractivity contribution in [1.82, 2.24) is 19.9 Å². The third-order valence-corrected chi connectivity index (χ3v) is 7.16. The van der Waals surface area contributed by atoms with Gasteiger partial charge in [0.25, 0.3) is 15.9 Å². The van der Waals surface area contributed by atoms with E-state index in [1.54, 1.807) is 32.2 Å². The smallest absolute Gasteiger partial charge is 0.284 e. The van der Waals surface area contributed by atoms with Crippen LogP contribution >= 0.6 is 0 Å². The lowest BCUT2D eigenvalue weighted by Gasteiger charge is -2.17. The molecule has 1 amide bonds. The summed E-state index contributed by atoms with van der Waals surface area (Å²) in [5.41, 5.74) is 1.67. The van der Waals surface area contributed by atoms with E-state index in [-0.39, 0.29) is 10.6 Å². The molecule has 1 aromatic heterocycles. The Kier molecular flexibility index (Phi) is 7.15. The Bertz CT molecular complexity index is 1370. The molecular weight excluding hydrogens is 468 g/mol. The van der Waals surface area contributed by atoms with Gasteiger partial charge < -0.3 is 15.0 Å². The molecule has 0 saturated carbocycles. The molecule has 0 unspecified atom stereocenters. The van der Waals surface area contributed by atoms with Gasteiger partial charge in [-0.25, -0.2) is 4.68 Å². The molecule has 0 aliphatic carbocycles. The molecule has 184 valence electrons. The third kappa shape index (κ3) is 5.51. The predicted octanol–water partition coefficient (Wildman–Crippen LogP) is 3.43. The Morgan fingerprint density at radius 3 is 2.71 bits per heavy atom. The van der Waals surface area contributed by atoms with E-state index in [1.807, 2.05) is 30.1 Å². The number of carbonyl (C=O) groups excluding carboxylic acids is 1. The second-order valence-corrected chi connectivity index (χ2v) is 9.94. The number of anilines is 1. The SMILES string of the molecule is COc1cccc(-n2nnc(C(=O)Nc3cccc(S(=O)(=O)/N=C4/CCCCCN4C)c3)c2C)c1. The average Bonchev–Trinajstić information content (AvgIpc) is 3.13. The van der Waals surface area contributed by atoms with Crippen molar-refractivity contribution < 1.29 is 17.9 Å². The van der Waals surface area contributed by atoms with Gasteiger partial charge in [0.05, 0.1) is 23.4 Å². The first-order valence-electron chi connectivity index (χ1n) is 11.3. The lowest BCUT2D eigenvalue weighted by molar-refractivity contribution is 0.102. The Hall–Kier alpha value is -3.73. The fourth-order valence-corrected chi connectivity index (χ4v) is 5.03. The molecule has 1 N–H and O–H groups in total. The number of benzene rings is 2. The van der Waals surface area contributed by atoms with Crippen molar-refractivity contribution in [2.45, 2.75) is 37.5 Å². The van der Waals surface area contributed by atoms with Crippen LogP contribution in [0.4, 0.5) is 5.69 Å². The number of likely N-dealkylation sites (tertiary alicyclic amines) is 1. The highest BCUT2D eigenvalue weighted by atomic mass is 32.2.